The fourth-order valence-electron chi connectivity index (χ4n) is 2.88. The molecule has 0 saturated heterocycles. The maximum Gasteiger partial charge on any atom is 0.200 e. The van der Waals surface area contributed by atoms with Gasteiger partial charge in [0.2, 0.25) is 5.82 Å². The highest BCUT2D eigenvalue weighted by Crippen LogP contribution is 2.26. The van der Waals surface area contributed by atoms with Crippen molar-refractivity contribution in [3.05, 3.63) is 83.3 Å². The highest BCUT2D eigenvalue weighted by Gasteiger charge is 2.19. The number of para-hydroxylation sites is 1. The predicted octanol–water partition coefficient (Wildman–Crippen LogP) is 5.39. The number of aliphatic hydroxyl groups excluding tert-OH is 1. The number of nitrogens with one attached hydrogen (secondary N) is 2. The van der Waals surface area contributed by atoms with Gasteiger partial charge in [-0.1, -0.05) is 38.1 Å². The molecule has 0 spiro atoms. The molecular weight excluding hydrogens is 403 g/mol. The molecule has 4 rings (SSSR count). The van der Waals surface area contributed by atoms with Crippen LogP contribution in [0.25, 0.3) is 10.9 Å². The summed E-state index contributed by atoms with van der Waals surface area (Å²) in [5.74, 6) is -9.65. The normalized spacial score (nSPS) is 14.2. The number of hydrogen-bond donors (Lipinski definition) is 3. The summed E-state index contributed by atoms with van der Waals surface area (Å²) >= 11 is 0. The van der Waals surface area contributed by atoms with Gasteiger partial charge in [-0.15, -0.1) is 6.58 Å². The lowest BCUT2D eigenvalue weighted by Crippen LogP contribution is -2.33. The molecule has 30 heavy (non-hydrogen) atoms. The lowest BCUT2D eigenvalue weighted by atomic mass is 9.99. The van der Waals surface area contributed by atoms with Crippen molar-refractivity contribution in [2.75, 3.05) is 7.11 Å². The molecule has 3 N–H and O–H groups in total. The van der Waals surface area contributed by atoms with Crippen molar-refractivity contribution in [3.8, 4) is 0 Å². The summed E-state index contributed by atoms with van der Waals surface area (Å²) < 4.78 is 60.0. The zero-order valence-electron chi connectivity index (χ0n) is 17.0. The molecule has 0 radical (unpaired) electrons. The molecule has 1 atom stereocenters. The average molecular weight is 428 g/mol. The summed E-state index contributed by atoms with van der Waals surface area (Å²) in [5.41, 5.74) is 4.03. The summed E-state index contributed by atoms with van der Waals surface area (Å²) in [5, 5.41) is 11.8. The monoisotopic (exact) mass is 428 g/mol. The van der Waals surface area contributed by atoms with Crippen LogP contribution in [0.1, 0.15) is 25.1 Å². The quantitative estimate of drug-likeness (QED) is 0.211. The third kappa shape index (κ3) is 5.67. The van der Waals surface area contributed by atoms with E-state index in [1.54, 1.807) is 0 Å². The molecule has 0 bridgehead atoms. The molecule has 3 aromatic rings. The molecule has 1 unspecified atom stereocenters. The van der Waals surface area contributed by atoms with E-state index in [0.29, 0.717) is 6.04 Å². The van der Waals surface area contributed by atoms with Gasteiger partial charge >= 0.3 is 0 Å². The molecule has 0 saturated carbocycles. The Morgan fingerprint density at radius 3 is 2.10 bits per heavy atom. The van der Waals surface area contributed by atoms with Crippen LogP contribution in [0.5, 0.6) is 0 Å². The zero-order valence-corrected chi connectivity index (χ0v) is 17.0. The van der Waals surface area contributed by atoms with Crippen LogP contribution < -0.4 is 5.32 Å². The van der Waals surface area contributed by atoms with Crippen LogP contribution in [0, 0.1) is 29.1 Å². The van der Waals surface area contributed by atoms with Crippen molar-refractivity contribution in [2.45, 2.75) is 32.9 Å². The van der Waals surface area contributed by atoms with Gasteiger partial charge in [-0.25, -0.2) is 22.0 Å². The number of halogens is 5. The fourth-order valence-corrected chi connectivity index (χ4v) is 2.88. The predicted molar refractivity (Wildman–Crippen MR) is 109 cm³/mol. The van der Waals surface area contributed by atoms with Gasteiger partial charge < -0.3 is 15.4 Å². The Morgan fingerprint density at radius 1 is 0.967 bits per heavy atom. The summed E-state index contributed by atoms with van der Waals surface area (Å²) in [4.78, 5) is 3.46. The second-order valence-corrected chi connectivity index (χ2v) is 5.84. The maximum atomic E-state index is 12.0. The molecule has 0 aliphatic carbocycles. The molecule has 1 aliphatic heterocycles. The summed E-state index contributed by atoms with van der Waals surface area (Å²) in [6, 6.07) is 8.85. The number of rotatable bonds is 1. The van der Waals surface area contributed by atoms with Crippen molar-refractivity contribution in [1.29, 1.82) is 0 Å². The molecule has 0 amide bonds. The van der Waals surface area contributed by atoms with Crippen molar-refractivity contribution in [2.24, 2.45) is 0 Å². The van der Waals surface area contributed by atoms with E-state index >= 15 is 0 Å². The SMILES string of the molecule is C=CC1Cc2c([nH]c3ccccc23)CN1.CC.CO.Fc1cc(F)c(F)c(F)c1F. The van der Waals surface area contributed by atoms with Gasteiger partial charge in [-0.3, -0.25) is 0 Å². The number of benzene rings is 2. The maximum absolute atomic E-state index is 12.0. The van der Waals surface area contributed by atoms with Gasteiger partial charge in [0.25, 0.3) is 0 Å². The van der Waals surface area contributed by atoms with Crippen LogP contribution in [0.4, 0.5) is 22.0 Å². The zero-order chi connectivity index (χ0) is 22.8. The van der Waals surface area contributed by atoms with E-state index in [4.69, 9.17) is 5.11 Å². The van der Waals surface area contributed by atoms with Crippen LogP contribution in [0.3, 0.4) is 0 Å². The van der Waals surface area contributed by atoms with E-state index < -0.39 is 29.1 Å². The smallest absolute Gasteiger partial charge is 0.200 e. The van der Waals surface area contributed by atoms with Crippen molar-refractivity contribution in [3.63, 3.8) is 0 Å². The first-order chi connectivity index (χ1) is 14.4. The second kappa shape index (κ2) is 12.1. The minimum atomic E-state index is -2.14. The molecule has 2 aromatic carbocycles. The van der Waals surface area contributed by atoms with Crippen molar-refractivity contribution >= 4 is 10.9 Å². The Morgan fingerprint density at radius 2 is 1.53 bits per heavy atom. The lowest BCUT2D eigenvalue weighted by Gasteiger charge is -2.20. The first-order valence-electron chi connectivity index (χ1n) is 9.30. The minimum Gasteiger partial charge on any atom is -0.400 e. The van der Waals surface area contributed by atoms with Crippen molar-refractivity contribution in [1.82, 2.24) is 10.3 Å². The van der Waals surface area contributed by atoms with Gasteiger partial charge in [0, 0.05) is 42.4 Å². The Bertz CT molecular complexity index is 946. The minimum absolute atomic E-state index is 0.0618. The third-order valence-electron chi connectivity index (χ3n) is 4.21. The van der Waals surface area contributed by atoms with Gasteiger partial charge in [-0.05, 0) is 18.1 Å². The van der Waals surface area contributed by atoms with Gasteiger partial charge in [-0.2, -0.15) is 0 Å². The first-order valence-corrected chi connectivity index (χ1v) is 9.30. The van der Waals surface area contributed by atoms with E-state index in [9.17, 15) is 22.0 Å². The van der Waals surface area contributed by atoms with E-state index in [-0.39, 0.29) is 6.07 Å². The molecule has 1 aromatic heterocycles. The van der Waals surface area contributed by atoms with Crippen LogP contribution in [0.15, 0.2) is 43.0 Å². The Labute approximate surface area is 172 Å². The lowest BCUT2D eigenvalue weighted by molar-refractivity contribution is 0.378. The van der Waals surface area contributed by atoms with Crippen LogP contribution >= 0.6 is 0 Å². The topological polar surface area (TPSA) is 48.0 Å². The largest absolute Gasteiger partial charge is 0.400 e. The number of aromatic nitrogens is 1. The molecule has 2 heterocycles. The highest BCUT2D eigenvalue weighted by molar-refractivity contribution is 5.84. The number of aromatic amines is 1. The molecule has 0 fully saturated rings. The fraction of sp³-hybridized carbons (Fsp3) is 0.273. The van der Waals surface area contributed by atoms with Crippen LogP contribution in [-0.4, -0.2) is 23.2 Å². The summed E-state index contributed by atoms with van der Waals surface area (Å²) in [6.07, 6.45) is 3.04. The number of fused-ring (bicyclic) bond motifs is 3. The number of hydrogen-bond acceptors (Lipinski definition) is 2. The van der Waals surface area contributed by atoms with E-state index in [1.165, 1.54) is 22.2 Å². The standard InChI is InChI=1S/C13H14N2.C6HF5.C2H6.CH4O/c1-2-9-7-11-10-5-3-4-6-12(10)15-13(11)8-14-9;7-2-1-3(8)5(10)6(11)4(2)9;2*1-2/h2-6,9,14-15H,1,7-8H2;1H;1-2H3;2H,1H3. The van der Waals surface area contributed by atoms with Gasteiger partial charge in [0.1, 0.15) is 0 Å². The van der Waals surface area contributed by atoms with Crippen LogP contribution in [0.2, 0.25) is 0 Å². The molecular formula is C22H25F5N2O. The Hall–Kier alpha value is -2.71. The highest BCUT2D eigenvalue weighted by atomic mass is 19.2. The third-order valence-corrected chi connectivity index (χ3v) is 4.21. The van der Waals surface area contributed by atoms with Crippen molar-refractivity contribution < 1.29 is 27.1 Å². The van der Waals surface area contributed by atoms with Gasteiger partial charge in [0.15, 0.2) is 23.3 Å². The average Bonchev–Trinajstić information content (AvgIpc) is 3.17. The number of aliphatic hydroxyl groups is 1. The van der Waals surface area contributed by atoms with Crippen LogP contribution in [-0.2, 0) is 13.0 Å². The summed E-state index contributed by atoms with van der Waals surface area (Å²) in [6.45, 7) is 8.77. The van der Waals surface area contributed by atoms with E-state index in [2.05, 4.69) is 41.1 Å². The summed E-state index contributed by atoms with van der Waals surface area (Å²) in [7, 11) is 1.00. The van der Waals surface area contributed by atoms with E-state index in [1.807, 2.05) is 19.9 Å². The number of H-pyrrole nitrogens is 1. The second-order valence-electron chi connectivity index (χ2n) is 5.84. The Kier molecular flexibility index (Phi) is 10.2. The van der Waals surface area contributed by atoms with Gasteiger partial charge in [0.05, 0.1) is 0 Å². The molecule has 8 heteroatoms. The molecule has 1 aliphatic rings. The molecule has 164 valence electrons. The van der Waals surface area contributed by atoms with E-state index in [0.717, 1.165) is 20.1 Å². The first kappa shape index (κ1) is 25.3. The molecule has 3 nitrogen and oxygen atoms in total. The Balaban J connectivity index is 0.000000268.